The normalized spacial score (nSPS) is 11.4. The lowest BCUT2D eigenvalue weighted by Gasteiger charge is -2.19. The molecule has 29 heavy (non-hydrogen) atoms. The highest BCUT2D eigenvalue weighted by Crippen LogP contribution is 2.15. The van der Waals surface area contributed by atoms with Crippen molar-refractivity contribution in [2.24, 2.45) is 10.3 Å². The van der Waals surface area contributed by atoms with Crippen molar-refractivity contribution in [2.75, 3.05) is 54.8 Å². The van der Waals surface area contributed by atoms with Crippen LogP contribution in [0.1, 0.15) is 0 Å². The van der Waals surface area contributed by atoms with Gasteiger partial charge in [0.15, 0.2) is 0 Å². The van der Waals surface area contributed by atoms with Gasteiger partial charge in [-0.1, -0.05) is 10.3 Å². The van der Waals surface area contributed by atoms with Gasteiger partial charge in [0.2, 0.25) is 10.1 Å². The Labute approximate surface area is 182 Å². The molecule has 4 amide bonds. The summed E-state index contributed by atoms with van der Waals surface area (Å²) in [4.78, 5) is 59.6. The Hall–Kier alpha value is -2.13. The second-order valence-corrected chi connectivity index (χ2v) is 8.24. The van der Waals surface area contributed by atoms with Crippen LogP contribution >= 0.6 is 35.7 Å². The molecule has 164 valence electrons. The molecule has 0 heterocycles. The Bertz CT molecular complexity index is 629. The zero-order valence-corrected chi connectivity index (χ0v) is 19.8. The van der Waals surface area contributed by atoms with E-state index in [1.165, 1.54) is 52.1 Å². The van der Waals surface area contributed by atoms with E-state index in [1.54, 1.807) is 12.5 Å². The Morgan fingerprint density at radius 2 is 0.966 bits per heavy atom. The number of hydrogen-bond acceptors (Lipinski definition) is 11. The van der Waals surface area contributed by atoms with Crippen LogP contribution in [0.3, 0.4) is 0 Å². The van der Waals surface area contributed by atoms with E-state index in [4.69, 9.17) is 9.68 Å². The molecular weight excluding hydrogens is 444 g/mol. The molecule has 0 atom stereocenters. The summed E-state index contributed by atoms with van der Waals surface area (Å²) in [5.41, 5.74) is 0. The van der Waals surface area contributed by atoms with Crippen LogP contribution in [0.15, 0.2) is 10.3 Å². The molecule has 0 spiro atoms. The number of nitrogens with zero attached hydrogens (tertiary/aromatic N) is 6. The van der Waals surface area contributed by atoms with E-state index >= 15 is 0 Å². The lowest BCUT2D eigenvalue weighted by Crippen LogP contribution is -2.31. The maximum atomic E-state index is 12.0. The Morgan fingerprint density at radius 1 is 0.655 bits per heavy atom. The molecule has 0 N–H and O–H groups in total. The van der Waals surface area contributed by atoms with Gasteiger partial charge in [-0.2, -0.15) is 0 Å². The van der Waals surface area contributed by atoms with E-state index in [2.05, 4.69) is 10.3 Å². The highest BCUT2D eigenvalue weighted by Gasteiger charge is 2.22. The quantitative estimate of drug-likeness (QED) is 0.197. The van der Waals surface area contributed by atoms with Gasteiger partial charge in [0.1, 0.15) is 0 Å². The van der Waals surface area contributed by atoms with Gasteiger partial charge in [0.25, 0.3) is 11.8 Å². The second kappa shape index (κ2) is 13.2. The number of amides is 4. The molecule has 0 fully saturated rings. The van der Waals surface area contributed by atoms with Crippen LogP contribution in [0, 0.1) is 0 Å². The molecule has 0 aromatic rings. The topological polar surface area (TPSA) is 124 Å². The van der Waals surface area contributed by atoms with Crippen LogP contribution in [0.4, 0.5) is 9.59 Å². The fourth-order valence-electron chi connectivity index (χ4n) is 1.24. The number of carbonyl (C=O) groups is 4. The van der Waals surface area contributed by atoms with Crippen molar-refractivity contribution >= 4 is 69.7 Å². The van der Waals surface area contributed by atoms with Crippen molar-refractivity contribution in [2.45, 2.75) is 0 Å². The van der Waals surface area contributed by atoms with Crippen molar-refractivity contribution in [3.05, 3.63) is 0 Å². The van der Waals surface area contributed by atoms with Gasteiger partial charge in [-0.15, -0.1) is 23.5 Å². The average molecular weight is 469 g/mol. The van der Waals surface area contributed by atoms with Gasteiger partial charge < -0.3 is 9.80 Å². The molecule has 0 saturated carbocycles. The van der Waals surface area contributed by atoms with Crippen molar-refractivity contribution in [3.63, 3.8) is 0 Å². The lowest BCUT2D eigenvalue weighted by atomic mass is 10.6. The number of thioether (sulfide) groups is 2. The molecule has 15 heteroatoms. The third-order valence-corrected chi connectivity index (χ3v) is 4.80. The van der Waals surface area contributed by atoms with Gasteiger partial charge in [-0.25, -0.2) is 18.2 Å². The molecule has 0 aromatic heterocycles. The SMILES string of the molecule is CSC(=NOC(=O)N(C)SN(C)C(=O)ON=C(SC)C(=O)N(C)C)C(=O)N(C)C. The zero-order chi connectivity index (χ0) is 22.7. The first-order valence-electron chi connectivity index (χ1n) is 7.70. The molecule has 0 aliphatic heterocycles. The number of oxime groups is 2. The summed E-state index contributed by atoms with van der Waals surface area (Å²) in [6.07, 6.45) is 1.37. The minimum atomic E-state index is -0.927. The summed E-state index contributed by atoms with van der Waals surface area (Å²) in [5, 5.41) is 7.02. The summed E-state index contributed by atoms with van der Waals surface area (Å²) in [6.45, 7) is 0. The van der Waals surface area contributed by atoms with Crippen molar-refractivity contribution in [1.29, 1.82) is 0 Å². The van der Waals surface area contributed by atoms with Crippen molar-refractivity contribution in [3.8, 4) is 0 Å². The summed E-state index contributed by atoms with van der Waals surface area (Å²) >= 11 is 2.68. The molecule has 12 nitrogen and oxygen atoms in total. The average Bonchev–Trinajstić information content (AvgIpc) is 2.67. The van der Waals surface area contributed by atoms with Gasteiger partial charge in [-0.3, -0.25) is 19.3 Å². The van der Waals surface area contributed by atoms with Crippen LogP contribution in [0.2, 0.25) is 0 Å². The highest BCUT2D eigenvalue weighted by molar-refractivity contribution is 8.15. The van der Waals surface area contributed by atoms with Crippen LogP contribution in [-0.2, 0) is 19.3 Å². The number of rotatable bonds is 4. The van der Waals surface area contributed by atoms with Gasteiger partial charge in [0.05, 0.1) is 12.1 Å². The minimum absolute atomic E-state index is 0.0148. The molecule has 0 unspecified atom stereocenters. The van der Waals surface area contributed by atoms with Gasteiger partial charge in [-0.05, 0) is 12.5 Å². The van der Waals surface area contributed by atoms with E-state index in [1.807, 2.05) is 0 Å². The minimum Gasteiger partial charge on any atom is -0.343 e. The number of carbonyl (C=O) groups excluding carboxylic acids is 4. The molecule has 0 radical (unpaired) electrons. The lowest BCUT2D eigenvalue weighted by molar-refractivity contribution is -0.122. The third kappa shape index (κ3) is 9.27. The van der Waals surface area contributed by atoms with Gasteiger partial charge >= 0.3 is 12.2 Å². The molecule has 0 bridgehead atoms. The Balaban J connectivity index is 4.84. The summed E-state index contributed by atoms with van der Waals surface area (Å²) in [5.74, 6) is -0.841. The van der Waals surface area contributed by atoms with E-state index < -0.39 is 24.0 Å². The summed E-state index contributed by atoms with van der Waals surface area (Å²) < 4.78 is 1.90. The van der Waals surface area contributed by atoms with E-state index in [9.17, 15) is 19.2 Å². The van der Waals surface area contributed by atoms with E-state index in [-0.39, 0.29) is 10.1 Å². The van der Waals surface area contributed by atoms with Gasteiger partial charge in [0, 0.05) is 42.3 Å². The summed E-state index contributed by atoms with van der Waals surface area (Å²) in [7, 11) is 8.80. The third-order valence-electron chi connectivity index (χ3n) is 2.74. The molecule has 0 rings (SSSR count). The standard InChI is InChI=1S/C14H24N6O6S3/c1-17(2)11(21)9(27-7)15-25-13(23)19(5)29-20(6)14(24)26-16-10(28-8)12(22)18(3)4/h1-8H3. The van der Waals surface area contributed by atoms with E-state index in [0.717, 1.165) is 32.1 Å². The smallest absolute Gasteiger partial charge is 0.343 e. The first-order valence-corrected chi connectivity index (χ1v) is 10.9. The Kier molecular flexibility index (Phi) is 12.2. The van der Waals surface area contributed by atoms with Crippen LogP contribution in [0.25, 0.3) is 0 Å². The first-order chi connectivity index (χ1) is 13.5. The largest absolute Gasteiger partial charge is 0.447 e. The van der Waals surface area contributed by atoms with E-state index in [0.29, 0.717) is 12.1 Å². The fraction of sp³-hybridized carbons (Fsp3) is 0.571. The maximum absolute atomic E-state index is 12.0. The second-order valence-electron chi connectivity index (χ2n) is 5.39. The first kappa shape index (κ1) is 26.9. The predicted molar refractivity (Wildman–Crippen MR) is 115 cm³/mol. The summed E-state index contributed by atoms with van der Waals surface area (Å²) in [6, 6.07) is 0. The molecular formula is C14H24N6O6S3. The highest BCUT2D eigenvalue weighted by atomic mass is 32.2. The monoisotopic (exact) mass is 468 g/mol. The fourth-order valence-corrected chi connectivity index (χ4v) is 2.74. The molecule has 0 aliphatic rings. The molecule has 0 saturated heterocycles. The zero-order valence-electron chi connectivity index (χ0n) is 17.4. The maximum Gasteiger partial charge on any atom is 0.447 e. The van der Waals surface area contributed by atoms with Crippen molar-refractivity contribution < 1.29 is 28.9 Å². The van der Waals surface area contributed by atoms with Crippen LogP contribution in [-0.4, -0.2) is 107 Å². The van der Waals surface area contributed by atoms with Crippen LogP contribution in [0.5, 0.6) is 0 Å². The molecule has 0 aliphatic carbocycles. The van der Waals surface area contributed by atoms with Crippen molar-refractivity contribution in [1.82, 2.24) is 18.4 Å². The predicted octanol–water partition coefficient (Wildman–Crippen LogP) is 1.22. The number of hydrogen-bond donors (Lipinski definition) is 0. The molecule has 0 aromatic carbocycles. The Morgan fingerprint density at radius 3 is 1.21 bits per heavy atom. The van der Waals surface area contributed by atoms with Crippen LogP contribution < -0.4 is 0 Å².